The van der Waals surface area contributed by atoms with Crippen LogP contribution in [0.3, 0.4) is 0 Å². The normalized spacial score (nSPS) is 15.5. The molecule has 3 aromatic rings. The summed E-state index contributed by atoms with van der Waals surface area (Å²) in [6.07, 6.45) is 0. The molecule has 2 heterocycles. The van der Waals surface area contributed by atoms with Gasteiger partial charge in [0.1, 0.15) is 12.4 Å². The molecule has 152 valence electrons. The Morgan fingerprint density at radius 3 is 2.52 bits per heavy atom. The second kappa shape index (κ2) is 9.09. The minimum atomic E-state index is 0.387. The molecule has 8 heteroatoms. The van der Waals surface area contributed by atoms with Gasteiger partial charge >= 0.3 is 0 Å². The summed E-state index contributed by atoms with van der Waals surface area (Å²) in [5.74, 6) is 1.27. The van der Waals surface area contributed by atoms with Gasteiger partial charge < -0.3 is 14.1 Å². The summed E-state index contributed by atoms with van der Waals surface area (Å²) < 4.78 is 13.3. The van der Waals surface area contributed by atoms with Gasteiger partial charge in [0.05, 0.1) is 6.67 Å². The van der Waals surface area contributed by atoms with Gasteiger partial charge in [0.2, 0.25) is 5.89 Å². The summed E-state index contributed by atoms with van der Waals surface area (Å²) in [6.45, 7) is 5.16. The van der Waals surface area contributed by atoms with Crippen LogP contribution in [0.25, 0.3) is 11.5 Å². The number of halogens is 1. The van der Waals surface area contributed by atoms with Crippen LogP contribution in [0.15, 0.2) is 52.9 Å². The van der Waals surface area contributed by atoms with E-state index in [1.807, 2.05) is 48.5 Å². The Hall–Kier alpha value is -2.19. The summed E-state index contributed by atoms with van der Waals surface area (Å²) in [5.41, 5.74) is 1.81. The fourth-order valence-corrected chi connectivity index (χ4v) is 3.53. The third-order valence-electron chi connectivity index (χ3n) is 4.99. The second-order valence-corrected chi connectivity index (χ2v) is 7.90. The number of likely N-dealkylation sites (N-methyl/N-ethyl adjacent to an activating group) is 1. The van der Waals surface area contributed by atoms with E-state index in [1.54, 1.807) is 4.68 Å². The van der Waals surface area contributed by atoms with E-state index in [0.29, 0.717) is 29.0 Å². The van der Waals surface area contributed by atoms with Crippen molar-refractivity contribution in [3.8, 4) is 17.2 Å². The monoisotopic (exact) mass is 430 g/mol. The number of piperazine rings is 1. The van der Waals surface area contributed by atoms with Gasteiger partial charge in [-0.25, -0.2) is 4.68 Å². The predicted molar refractivity (Wildman–Crippen MR) is 116 cm³/mol. The van der Waals surface area contributed by atoms with Crippen molar-refractivity contribution in [3.05, 3.63) is 64.0 Å². The molecule has 1 aliphatic heterocycles. The van der Waals surface area contributed by atoms with E-state index < -0.39 is 0 Å². The molecule has 0 amide bonds. The molecule has 1 saturated heterocycles. The Balaban J connectivity index is 1.40. The third kappa shape index (κ3) is 5.05. The van der Waals surface area contributed by atoms with Crippen LogP contribution in [0, 0.1) is 4.84 Å². The Labute approximate surface area is 180 Å². The number of nitrogens with zero attached hydrogens (tertiary/aromatic N) is 4. The van der Waals surface area contributed by atoms with Gasteiger partial charge in [-0.3, -0.25) is 4.90 Å². The minimum absolute atomic E-state index is 0.387. The molecule has 29 heavy (non-hydrogen) atoms. The van der Waals surface area contributed by atoms with Gasteiger partial charge in [0.25, 0.3) is 4.84 Å². The molecule has 2 aromatic carbocycles. The van der Waals surface area contributed by atoms with E-state index in [9.17, 15) is 0 Å². The molecule has 1 aliphatic rings. The van der Waals surface area contributed by atoms with E-state index in [-0.39, 0.29) is 0 Å². The highest BCUT2D eigenvalue weighted by molar-refractivity contribution is 7.71. The van der Waals surface area contributed by atoms with Gasteiger partial charge in [-0.2, -0.15) is 0 Å². The van der Waals surface area contributed by atoms with Crippen molar-refractivity contribution in [2.24, 2.45) is 0 Å². The van der Waals surface area contributed by atoms with Crippen LogP contribution in [0.1, 0.15) is 5.56 Å². The first-order valence-electron chi connectivity index (χ1n) is 9.54. The molecular formula is C21H23ClN4O2S. The van der Waals surface area contributed by atoms with Crippen LogP contribution < -0.4 is 4.74 Å². The standard InChI is InChI=1S/C21H23ClN4O2S/c1-24-10-12-25(13-11-24)15-26-21(29)28-20(23-26)16-6-8-18(9-7-16)27-14-17-4-2-3-5-19(17)22/h2-9H,10-15H2,1H3. The summed E-state index contributed by atoms with van der Waals surface area (Å²) in [6, 6.07) is 15.3. The Morgan fingerprint density at radius 1 is 1.07 bits per heavy atom. The van der Waals surface area contributed by atoms with Gasteiger partial charge in [-0.05, 0) is 49.6 Å². The molecule has 0 unspecified atom stereocenters. The maximum Gasteiger partial charge on any atom is 0.288 e. The number of rotatable bonds is 6. The zero-order valence-corrected chi connectivity index (χ0v) is 17.8. The zero-order valence-electron chi connectivity index (χ0n) is 16.3. The van der Waals surface area contributed by atoms with Crippen molar-refractivity contribution in [1.29, 1.82) is 0 Å². The average Bonchev–Trinajstić information content (AvgIpc) is 3.10. The SMILES string of the molecule is CN1CCN(Cn2nc(-c3ccc(OCc4ccccc4Cl)cc3)oc2=S)CC1. The molecular weight excluding hydrogens is 408 g/mol. The molecule has 0 spiro atoms. The largest absolute Gasteiger partial charge is 0.489 e. The summed E-state index contributed by atoms with van der Waals surface area (Å²) in [4.78, 5) is 5.03. The average molecular weight is 431 g/mol. The van der Waals surface area contributed by atoms with Crippen molar-refractivity contribution >= 4 is 23.8 Å². The lowest BCUT2D eigenvalue weighted by molar-refractivity contribution is 0.118. The van der Waals surface area contributed by atoms with Crippen molar-refractivity contribution < 1.29 is 9.15 Å². The quantitative estimate of drug-likeness (QED) is 0.543. The van der Waals surface area contributed by atoms with E-state index in [4.69, 9.17) is 33.0 Å². The molecule has 1 aromatic heterocycles. The van der Waals surface area contributed by atoms with Crippen LogP contribution in [0.5, 0.6) is 5.75 Å². The zero-order chi connectivity index (χ0) is 20.2. The topological polar surface area (TPSA) is 46.7 Å². The van der Waals surface area contributed by atoms with E-state index in [2.05, 4.69) is 21.9 Å². The lowest BCUT2D eigenvalue weighted by Gasteiger charge is -2.31. The molecule has 1 fully saturated rings. The van der Waals surface area contributed by atoms with Gasteiger partial charge in [0.15, 0.2) is 0 Å². The van der Waals surface area contributed by atoms with Gasteiger partial charge in [0, 0.05) is 42.3 Å². The van der Waals surface area contributed by atoms with Gasteiger partial charge in [-0.1, -0.05) is 29.8 Å². The van der Waals surface area contributed by atoms with E-state index in [1.165, 1.54) is 0 Å². The molecule has 0 radical (unpaired) electrons. The maximum atomic E-state index is 6.17. The highest BCUT2D eigenvalue weighted by Gasteiger charge is 2.16. The molecule has 6 nitrogen and oxygen atoms in total. The Kier molecular flexibility index (Phi) is 6.30. The van der Waals surface area contributed by atoms with Crippen molar-refractivity contribution in [3.63, 3.8) is 0 Å². The fourth-order valence-electron chi connectivity index (χ4n) is 3.16. The van der Waals surface area contributed by atoms with Crippen LogP contribution >= 0.6 is 23.8 Å². The third-order valence-corrected chi connectivity index (χ3v) is 5.65. The fraction of sp³-hybridized carbons (Fsp3) is 0.333. The minimum Gasteiger partial charge on any atom is -0.489 e. The van der Waals surface area contributed by atoms with Crippen molar-refractivity contribution in [2.45, 2.75) is 13.3 Å². The summed E-state index contributed by atoms with van der Waals surface area (Å²) in [5, 5.41) is 5.26. The second-order valence-electron chi connectivity index (χ2n) is 7.14. The smallest absolute Gasteiger partial charge is 0.288 e. The number of hydrogen-bond acceptors (Lipinski definition) is 6. The van der Waals surface area contributed by atoms with E-state index >= 15 is 0 Å². The van der Waals surface area contributed by atoms with Crippen LogP contribution in [-0.4, -0.2) is 52.8 Å². The number of hydrogen-bond donors (Lipinski definition) is 0. The predicted octanol–water partition coefficient (Wildman–Crippen LogP) is 4.31. The number of ether oxygens (including phenoxy) is 1. The van der Waals surface area contributed by atoms with Crippen LogP contribution in [-0.2, 0) is 13.3 Å². The first-order chi connectivity index (χ1) is 14.1. The first kappa shape index (κ1) is 20.1. The molecule has 0 aliphatic carbocycles. The first-order valence-corrected chi connectivity index (χ1v) is 10.3. The van der Waals surface area contributed by atoms with Crippen molar-refractivity contribution in [1.82, 2.24) is 19.6 Å². The highest BCUT2D eigenvalue weighted by Crippen LogP contribution is 2.23. The summed E-state index contributed by atoms with van der Waals surface area (Å²) in [7, 11) is 2.14. The van der Waals surface area contributed by atoms with Crippen LogP contribution in [0.2, 0.25) is 5.02 Å². The molecule has 0 saturated carbocycles. The summed E-state index contributed by atoms with van der Waals surface area (Å²) >= 11 is 11.5. The van der Waals surface area contributed by atoms with Crippen LogP contribution in [0.4, 0.5) is 0 Å². The van der Waals surface area contributed by atoms with E-state index in [0.717, 1.165) is 43.1 Å². The lowest BCUT2D eigenvalue weighted by Crippen LogP contribution is -2.45. The highest BCUT2D eigenvalue weighted by atomic mass is 35.5. The van der Waals surface area contributed by atoms with Gasteiger partial charge in [-0.15, -0.1) is 5.10 Å². The lowest BCUT2D eigenvalue weighted by atomic mass is 10.2. The Morgan fingerprint density at radius 2 is 1.79 bits per heavy atom. The number of aromatic nitrogens is 2. The van der Waals surface area contributed by atoms with Crippen molar-refractivity contribution in [2.75, 3.05) is 33.2 Å². The molecule has 0 N–H and O–H groups in total. The number of benzene rings is 2. The molecule has 0 atom stereocenters. The molecule has 4 rings (SSSR count). The molecule has 0 bridgehead atoms. The Bertz CT molecular complexity index is 1010. The maximum absolute atomic E-state index is 6.17.